The third-order valence-corrected chi connectivity index (χ3v) is 24.6. The molecule has 0 radical (unpaired) electrons. The van der Waals surface area contributed by atoms with E-state index in [1.807, 2.05) is 0 Å². The summed E-state index contributed by atoms with van der Waals surface area (Å²) in [6, 6.07) is 116. The van der Waals surface area contributed by atoms with E-state index < -0.39 is 0 Å². The van der Waals surface area contributed by atoms with Crippen LogP contribution in [-0.2, 0) is 25.7 Å². The number of benzene rings is 16. The van der Waals surface area contributed by atoms with Gasteiger partial charge < -0.3 is 17.6 Å². The van der Waals surface area contributed by atoms with Crippen molar-refractivity contribution in [2.24, 2.45) is 0 Å². The molecule has 104 heavy (non-hydrogen) atoms. The predicted molar refractivity (Wildman–Crippen MR) is 437 cm³/mol. The van der Waals surface area contributed by atoms with Gasteiger partial charge in [0.1, 0.15) is 0 Å². The fraction of sp³-hybridized carbons (Fsp3) is 0.0400. The summed E-state index contributed by atoms with van der Waals surface area (Å²) < 4.78 is 9.96. The fourth-order valence-electron chi connectivity index (χ4n) is 20.4. The molecule has 0 N–H and O–H groups in total. The highest BCUT2D eigenvalue weighted by atomic mass is 14.9. The zero-order valence-corrected chi connectivity index (χ0v) is 56.6. The Kier molecular flexibility index (Phi) is 10.8. The number of hydrogen-bond donors (Lipinski definition) is 0. The van der Waals surface area contributed by atoms with E-state index >= 15 is 0 Å². The molecule has 8 heterocycles. The van der Waals surface area contributed by atoms with E-state index in [-0.39, 0.29) is 0 Å². The Labute approximate surface area is 596 Å². The van der Waals surface area contributed by atoms with Crippen LogP contribution >= 0.6 is 0 Å². The maximum Gasteiger partial charge on any atom is 0.0622 e. The molecule has 0 atom stereocenters. The standard InChI is InChI=1S/4C25H15N/c1-2-7-17-15(6-1)12-16-13-24-22(14-21(16)17)20-10-5-9-19-18-8-3-4-11-23(18)26(24)25(19)20;1-2-7-17-15(6-1)12-16-13-22-20-10-5-9-19-18-8-3-4-11-23(18)26(25(19)20)24(22)14-21(16)17;1-2-7-17-15(6-1)14-16-12-13-21-20-10-5-9-19-18-8-3-4-11-22(18)26(24(19)20)25(21)23(16)17;1-2-7-16-15(6-1)14-22-17(16)12-13-21-20-10-5-9-19-18-8-3-4-11-23(18)26(24(19)20)25(21)22/h2*1-11,13-14H,12H2;2*1-13H,14H2. The molecule has 28 rings (SSSR count). The van der Waals surface area contributed by atoms with Crippen molar-refractivity contribution in [2.75, 3.05) is 0 Å². The Bertz CT molecular complexity index is 7820. The summed E-state index contributed by atoms with van der Waals surface area (Å²) in [7, 11) is 0. The largest absolute Gasteiger partial charge is 0.308 e. The second-order valence-corrected chi connectivity index (χ2v) is 29.6. The van der Waals surface area contributed by atoms with Crippen LogP contribution in [0.3, 0.4) is 0 Å². The van der Waals surface area contributed by atoms with E-state index in [1.165, 1.54) is 241 Å². The number of aromatic nitrogens is 4. The summed E-state index contributed by atoms with van der Waals surface area (Å²) in [6.07, 6.45) is 4.15. The first-order chi connectivity index (χ1) is 51.6. The molecule has 0 saturated heterocycles. The Morgan fingerprint density at radius 3 is 1.01 bits per heavy atom. The Morgan fingerprint density at radius 2 is 0.481 bits per heavy atom. The van der Waals surface area contributed by atoms with Gasteiger partial charge in [-0.3, -0.25) is 0 Å². The molecule has 4 aliphatic rings. The van der Waals surface area contributed by atoms with Gasteiger partial charge in [0.2, 0.25) is 0 Å². The first kappa shape index (κ1) is 55.5. The highest BCUT2D eigenvalue weighted by Crippen LogP contribution is 2.51. The van der Waals surface area contributed by atoms with Gasteiger partial charge in [-0.1, -0.05) is 267 Å². The van der Waals surface area contributed by atoms with Crippen LogP contribution in [-0.4, -0.2) is 17.6 Å². The van der Waals surface area contributed by atoms with Gasteiger partial charge in [-0.25, -0.2) is 0 Å². The van der Waals surface area contributed by atoms with Crippen LogP contribution in [0.25, 0.3) is 197 Å². The van der Waals surface area contributed by atoms with Crippen molar-refractivity contribution in [3.8, 4) is 44.5 Å². The van der Waals surface area contributed by atoms with Gasteiger partial charge >= 0.3 is 0 Å². The zero-order valence-electron chi connectivity index (χ0n) is 56.6. The summed E-state index contributed by atoms with van der Waals surface area (Å²) in [5, 5.41) is 21.8. The molecule has 4 heteroatoms. The molecule has 4 aliphatic carbocycles. The van der Waals surface area contributed by atoms with Gasteiger partial charge in [0, 0.05) is 98.2 Å². The highest BCUT2D eigenvalue weighted by molar-refractivity contribution is 6.29. The lowest BCUT2D eigenvalue weighted by Gasteiger charge is -2.06. The molecule has 0 saturated carbocycles. The maximum absolute atomic E-state index is 2.51. The molecular formula is C100H60N4. The molecule has 24 aromatic rings. The van der Waals surface area contributed by atoms with E-state index in [4.69, 9.17) is 0 Å². The minimum atomic E-state index is 1.02. The summed E-state index contributed by atoms with van der Waals surface area (Å²) in [4.78, 5) is 0. The summed E-state index contributed by atoms with van der Waals surface area (Å²) >= 11 is 0. The summed E-state index contributed by atoms with van der Waals surface area (Å²) in [5.41, 5.74) is 39.0. The van der Waals surface area contributed by atoms with E-state index in [0.717, 1.165) is 25.7 Å². The van der Waals surface area contributed by atoms with Crippen LogP contribution < -0.4 is 0 Å². The molecule has 0 aliphatic heterocycles. The average molecular weight is 1320 g/mol. The van der Waals surface area contributed by atoms with Crippen molar-refractivity contribution in [3.05, 3.63) is 360 Å². The average Bonchev–Trinajstić information content (AvgIpc) is 1.55. The van der Waals surface area contributed by atoms with Gasteiger partial charge in [-0.2, -0.15) is 0 Å². The minimum Gasteiger partial charge on any atom is -0.308 e. The van der Waals surface area contributed by atoms with Crippen molar-refractivity contribution in [2.45, 2.75) is 25.7 Å². The van der Waals surface area contributed by atoms with Gasteiger partial charge in [0.15, 0.2) is 0 Å². The first-order valence-corrected chi connectivity index (χ1v) is 36.7. The predicted octanol–water partition coefficient (Wildman–Crippen LogP) is 25.6. The number of para-hydroxylation sites is 8. The molecule has 0 amide bonds. The van der Waals surface area contributed by atoms with Crippen molar-refractivity contribution >= 4 is 152 Å². The lowest BCUT2D eigenvalue weighted by Crippen LogP contribution is -1.88. The van der Waals surface area contributed by atoms with Crippen LogP contribution in [0.5, 0.6) is 0 Å². The molecular weight excluding hydrogens is 1260 g/mol. The van der Waals surface area contributed by atoms with Crippen molar-refractivity contribution in [3.63, 3.8) is 0 Å². The third kappa shape index (κ3) is 7.16. The number of rotatable bonds is 0. The van der Waals surface area contributed by atoms with Crippen LogP contribution in [0, 0.1) is 0 Å². The quantitative estimate of drug-likeness (QED) is 0.144. The molecule has 480 valence electrons. The molecule has 0 bridgehead atoms. The van der Waals surface area contributed by atoms with Crippen molar-refractivity contribution in [1.29, 1.82) is 0 Å². The Morgan fingerprint density at radius 1 is 0.154 bits per heavy atom. The first-order valence-electron chi connectivity index (χ1n) is 36.7. The topological polar surface area (TPSA) is 17.6 Å². The lowest BCUT2D eigenvalue weighted by molar-refractivity contribution is 1.25. The van der Waals surface area contributed by atoms with Gasteiger partial charge in [-0.05, 0) is 151 Å². The number of fused-ring (bicyclic) bond motifs is 38. The molecule has 16 aromatic carbocycles. The zero-order chi connectivity index (χ0) is 67.3. The molecule has 8 aromatic heterocycles. The second kappa shape index (κ2) is 20.3. The maximum atomic E-state index is 2.51. The third-order valence-electron chi connectivity index (χ3n) is 24.6. The molecule has 0 spiro atoms. The molecule has 0 unspecified atom stereocenters. The smallest absolute Gasteiger partial charge is 0.0622 e. The highest BCUT2D eigenvalue weighted by Gasteiger charge is 2.30. The van der Waals surface area contributed by atoms with Crippen molar-refractivity contribution < 1.29 is 0 Å². The van der Waals surface area contributed by atoms with Gasteiger partial charge in [-0.15, -0.1) is 0 Å². The molecule has 0 fully saturated rings. The van der Waals surface area contributed by atoms with Crippen LogP contribution in [0.15, 0.2) is 315 Å². The minimum absolute atomic E-state index is 1.02. The van der Waals surface area contributed by atoms with Crippen LogP contribution in [0.1, 0.15) is 44.5 Å². The summed E-state index contributed by atoms with van der Waals surface area (Å²) in [6.45, 7) is 0. The van der Waals surface area contributed by atoms with E-state index in [1.54, 1.807) is 0 Å². The lowest BCUT2D eigenvalue weighted by atomic mass is 10.0. The van der Waals surface area contributed by atoms with Gasteiger partial charge in [0.05, 0.1) is 66.2 Å². The monoisotopic (exact) mass is 1320 g/mol. The fourth-order valence-corrected chi connectivity index (χ4v) is 20.4. The Balaban J connectivity index is 0.0000000808. The van der Waals surface area contributed by atoms with Crippen molar-refractivity contribution in [1.82, 2.24) is 17.6 Å². The normalized spacial score (nSPS) is 13.2. The van der Waals surface area contributed by atoms with Crippen LogP contribution in [0.2, 0.25) is 0 Å². The van der Waals surface area contributed by atoms with E-state index in [9.17, 15) is 0 Å². The van der Waals surface area contributed by atoms with E-state index in [2.05, 4.69) is 333 Å². The number of nitrogens with zero attached hydrogens (tertiary/aromatic N) is 4. The Hall–Kier alpha value is -13.3. The second-order valence-electron chi connectivity index (χ2n) is 29.6. The number of hydrogen-bond acceptors (Lipinski definition) is 0. The van der Waals surface area contributed by atoms with E-state index in [0.29, 0.717) is 0 Å². The summed E-state index contributed by atoms with van der Waals surface area (Å²) in [5.74, 6) is 0. The van der Waals surface area contributed by atoms with Gasteiger partial charge in [0.25, 0.3) is 0 Å². The molecule has 4 nitrogen and oxygen atoms in total. The SMILES string of the molecule is c1ccc2c(c1)Cc1c-2ccc2c3cccc4c5ccccc5n(c12)c43.c1ccc2c(c1)Cc1cc3c(cc1-2)c1cccc2c4ccccc4n3c21.c1ccc2c(c1)Cc1cc3c4cccc5c6ccccc6n(c3cc1-2)c54.c1ccc2c(c1)Cc1ccc3c4cccc5c6ccccc6n(c3c1-2)c54. The van der Waals surface area contributed by atoms with Crippen LogP contribution in [0.4, 0.5) is 0 Å².